The topological polar surface area (TPSA) is 21.3 Å². The molecule has 92 valence electrons. The van der Waals surface area contributed by atoms with Crippen molar-refractivity contribution in [3.05, 3.63) is 28.8 Å². The molecule has 2 nitrogen and oxygen atoms in total. The average molecular weight is 252 g/mol. The Morgan fingerprint density at radius 2 is 2.24 bits per heavy atom. The van der Waals surface area contributed by atoms with Crippen molar-refractivity contribution in [2.75, 3.05) is 13.7 Å². The lowest BCUT2D eigenvalue weighted by Gasteiger charge is -2.06. The Morgan fingerprint density at radius 3 is 2.88 bits per heavy atom. The van der Waals surface area contributed by atoms with Crippen LogP contribution in [0.25, 0.3) is 0 Å². The molecule has 0 amide bonds. The molecule has 2 aliphatic carbocycles. The highest BCUT2D eigenvalue weighted by molar-refractivity contribution is 6.32. The van der Waals surface area contributed by atoms with Crippen LogP contribution in [0, 0.1) is 5.92 Å². The molecule has 0 bridgehead atoms. The number of rotatable bonds is 5. The van der Waals surface area contributed by atoms with Crippen molar-refractivity contribution in [2.24, 2.45) is 5.92 Å². The van der Waals surface area contributed by atoms with Gasteiger partial charge >= 0.3 is 0 Å². The van der Waals surface area contributed by atoms with Crippen molar-refractivity contribution in [3.63, 3.8) is 0 Å². The molecular formula is C14H18ClNO. The molecule has 0 heterocycles. The van der Waals surface area contributed by atoms with E-state index in [0.717, 1.165) is 22.7 Å². The summed E-state index contributed by atoms with van der Waals surface area (Å²) < 4.78 is 5.17. The van der Waals surface area contributed by atoms with Crippen LogP contribution in [0.3, 0.4) is 0 Å². The fourth-order valence-corrected chi connectivity index (χ4v) is 2.67. The van der Waals surface area contributed by atoms with Gasteiger partial charge in [-0.05, 0) is 55.3 Å². The summed E-state index contributed by atoms with van der Waals surface area (Å²) in [5.74, 6) is 2.27. The molecular weight excluding hydrogens is 234 g/mol. The predicted octanol–water partition coefficient (Wildman–Crippen LogP) is 3.20. The van der Waals surface area contributed by atoms with Crippen LogP contribution in [0.2, 0.25) is 5.02 Å². The van der Waals surface area contributed by atoms with E-state index in [9.17, 15) is 0 Å². The van der Waals surface area contributed by atoms with Gasteiger partial charge in [0.2, 0.25) is 0 Å². The second kappa shape index (κ2) is 4.51. The molecule has 0 spiro atoms. The highest BCUT2D eigenvalue weighted by atomic mass is 35.5. The fourth-order valence-electron chi connectivity index (χ4n) is 2.40. The molecule has 2 atom stereocenters. The van der Waals surface area contributed by atoms with Gasteiger partial charge in [0, 0.05) is 6.04 Å². The van der Waals surface area contributed by atoms with E-state index >= 15 is 0 Å². The second-order valence-electron chi connectivity index (χ2n) is 5.18. The summed E-state index contributed by atoms with van der Waals surface area (Å²) >= 11 is 6.15. The van der Waals surface area contributed by atoms with Crippen molar-refractivity contribution >= 4 is 11.6 Å². The SMILES string of the molecule is COc1ccc(C2CC2CNC2CC2)cc1Cl. The molecule has 2 unspecified atom stereocenters. The second-order valence-corrected chi connectivity index (χ2v) is 5.59. The summed E-state index contributed by atoms with van der Waals surface area (Å²) in [6.07, 6.45) is 4.03. The van der Waals surface area contributed by atoms with Gasteiger partial charge in [-0.25, -0.2) is 0 Å². The Hall–Kier alpha value is -0.730. The van der Waals surface area contributed by atoms with Crippen LogP contribution < -0.4 is 10.1 Å². The smallest absolute Gasteiger partial charge is 0.137 e. The number of hydrogen-bond acceptors (Lipinski definition) is 2. The van der Waals surface area contributed by atoms with E-state index in [1.807, 2.05) is 6.07 Å². The van der Waals surface area contributed by atoms with Gasteiger partial charge < -0.3 is 10.1 Å². The summed E-state index contributed by atoms with van der Waals surface area (Å²) in [7, 11) is 1.65. The van der Waals surface area contributed by atoms with Crippen molar-refractivity contribution < 1.29 is 4.74 Å². The third kappa shape index (κ3) is 2.58. The number of hydrogen-bond donors (Lipinski definition) is 1. The van der Waals surface area contributed by atoms with Crippen molar-refractivity contribution in [1.29, 1.82) is 0 Å². The molecule has 0 aromatic heterocycles. The Morgan fingerprint density at radius 1 is 1.41 bits per heavy atom. The minimum absolute atomic E-state index is 0.699. The number of methoxy groups -OCH3 is 1. The van der Waals surface area contributed by atoms with E-state index < -0.39 is 0 Å². The van der Waals surface area contributed by atoms with Crippen LogP contribution in [0.15, 0.2) is 18.2 Å². The van der Waals surface area contributed by atoms with Gasteiger partial charge in [0.1, 0.15) is 5.75 Å². The van der Waals surface area contributed by atoms with E-state index in [0.29, 0.717) is 5.92 Å². The van der Waals surface area contributed by atoms with Gasteiger partial charge in [0.15, 0.2) is 0 Å². The standard InChI is InChI=1S/C14H18ClNO/c1-17-14-5-2-9(7-13(14)15)12-6-10(12)8-16-11-3-4-11/h2,5,7,10-12,16H,3-4,6,8H2,1H3. The number of benzene rings is 1. The number of nitrogens with one attached hydrogen (secondary N) is 1. The number of halogens is 1. The zero-order valence-corrected chi connectivity index (χ0v) is 10.8. The fraction of sp³-hybridized carbons (Fsp3) is 0.571. The monoisotopic (exact) mass is 251 g/mol. The zero-order chi connectivity index (χ0) is 11.8. The van der Waals surface area contributed by atoms with E-state index in [4.69, 9.17) is 16.3 Å². The maximum absolute atomic E-state index is 6.15. The Balaban J connectivity index is 1.59. The first-order valence-electron chi connectivity index (χ1n) is 6.34. The molecule has 17 heavy (non-hydrogen) atoms. The first-order chi connectivity index (χ1) is 8.28. The molecule has 0 radical (unpaired) electrons. The Bertz CT molecular complexity index is 417. The minimum Gasteiger partial charge on any atom is -0.495 e. The lowest BCUT2D eigenvalue weighted by molar-refractivity contribution is 0.415. The zero-order valence-electron chi connectivity index (χ0n) is 10.1. The first kappa shape index (κ1) is 11.4. The van der Waals surface area contributed by atoms with Gasteiger partial charge in [-0.3, -0.25) is 0 Å². The quantitative estimate of drug-likeness (QED) is 0.868. The van der Waals surface area contributed by atoms with Crippen molar-refractivity contribution in [3.8, 4) is 5.75 Å². The normalized spacial score (nSPS) is 26.9. The first-order valence-corrected chi connectivity index (χ1v) is 6.72. The van der Waals surface area contributed by atoms with Crippen molar-refractivity contribution in [1.82, 2.24) is 5.32 Å². The third-order valence-corrected chi connectivity index (χ3v) is 4.07. The van der Waals surface area contributed by atoms with Gasteiger partial charge in [-0.2, -0.15) is 0 Å². The summed E-state index contributed by atoms with van der Waals surface area (Å²) in [6, 6.07) is 6.99. The highest BCUT2D eigenvalue weighted by Gasteiger charge is 2.39. The van der Waals surface area contributed by atoms with E-state index in [2.05, 4.69) is 17.4 Å². The van der Waals surface area contributed by atoms with Crippen LogP contribution in [0.5, 0.6) is 5.75 Å². The Kier molecular flexibility index (Phi) is 3.01. The van der Waals surface area contributed by atoms with Gasteiger partial charge in [-0.15, -0.1) is 0 Å². The summed E-state index contributed by atoms with van der Waals surface area (Å²) in [5, 5.41) is 4.33. The summed E-state index contributed by atoms with van der Waals surface area (Å²) in [5.41, 5.74) is 1.36. The maximum Gasteiger partial charge on any atom is 0.137 e. The average Bonchev–Trinajstić information content (AvgIpc) is 3.20. The molecule has 1 aromatic rings. The molecule has 3 heteroatoms. The Labute approximate surface area is 107 Å². The maximum atomic E-state index is 6.15. The van der Waals surface area contributed by atoms with E-state index in [1.165, 1.54) is 31.4 Å². The van der Waals surface area contributed by atoms with Gasteiger partial charge in [0.25, 0.3) is 0 Å². The lowest BCUT2D eigenvalue weighted by atomic mass is 10.1. The van der Waals surface area contributed by atoms with Crippen LogP contribution >= 0.6 is 11.6 Å². The summed E-state index contributed by atoms with van der Waals surface area (Å²) in [4.78, 5) is 0. The molecule has 2 aliphatic rings. The third-order valence-electron chi connectivity index (χ3n) is 3.77. The molecule has 2 saturated carbocycles. The minimum atomic E-state index is 0.699. The predicted molar refractivity (Wildman–Crippen MR) is 69.9 cm³/mol. The largest absolute Gasteiger partial charge is 0.495 e. The van der Waals surface area contributed by atoms with Gasteiger partial charge in [-0.1, -0.05) is 17.7 Å². The highest BCUT2D eigenvalue weighted by Crippen LogP contribution is 2.48. The van der Waals surface area contributed by atoms with E-state index in [-0.39, 0.29) is 0 Å². The van der Waals surface area contributed by atoms with Crippen molar-refractivity contribution in [2.45, 2.75) is 31.2 Å². The molecule has 3 rings (SSSR count). The molecule has 1 N–H and O–H groups in total. The van der Waals surface area contributed by atoms with Crippen LogP contribution in [-0.4, -0.2) is 19.7 Å². The lowest BCUT2D eigenvalue weighted by Crippen LogP contribution is -2.19. The number of ether oxygens (including phenoxy) is 1. The summed E-state index contributed by atoms with van der Waals surface area (Å²) in [6.45, 7) is 1.17. The van der Waals surface area contributed by atoms with Crippen LogP contribution in [0.1, 0.15) is 30.7 Å². The molecule has 1 aromatic carbocycles. The van der Waals surface area contributed by atoms with E-state index in [1.54, 1.807) is 7.11 Å². The van der Waals surface area contributed by atoms with Crippen LogP contribution in [0.4, 0.5) is 0 Å². The van der Waals surface area contributed by atoms with Crippen LogP contribution in [-0.2, 0) is 0 Å². The molecule has 0 aliphatic heterocycles. The molecule has 0 saturated heterocycles. The van der Waals surface area contributed by atoms with Gasteiger partial charge in [0.05, 0.1) is 12.1 Å². The molecule has 2 fully saturated rings.